The lowest BCUT2D eigenvalue weighted by Crippen LogP contribution is -2.21. The van der Waals surface area contributed by atoms with E-state index in [1.807, 2.05) is 0 Å². The van der Waals surface area contributed by atoms with Crippen molar-refractivity contribution in [3.8, 4) is 0 Å². The monoisotopic (exact) mass is 279 g/mol. The van der Waals surface area contributed by atoms with Gasteiger partial charge in [-0.3, -0.25) is 0 Å². The summed E-state index contributed by atoms with van der Waals surface area (Å²) >= 11 is 0. The lowest BCUT2D eigenvalue weighted by molar-refractivity contribution is 0.195. The number of unbranched alkanes of at least 4 members (excludes halogenated alkanes) is 1. The molecule has 0 saturated heterocycles. The molecule has 0 amide bonds. The normalized spacial score (nSPS) is 38.9. The highest BCUT2D eigenvalue weighted by Gasteiger charge is 2.24. The van der Waals surface area contributed by atoms with Gasteiger partial charge in [0.1, 0.15) is 0 Å². The molecule has 20 heavy (non-hydrogen) atoms. The molecule has 0 bridgehead atoms. The maximum absolute atomic E-state index is 5.77. The Morgan fingerprint density at radius 2 is 1.25 bits per heavy atom. The Hall–Kier alpha value is -0.0400. The molecule has 0 aliphatic heterocycles. The first-order valence-electron chi connectivity index (χ1n) is 9.39. The minimum Gasteiger partial charge on any atom is -0.330 e. The van der Waals surface area contributed by atoms with E-state index in [1.54, 1.807) is 0 Å². The van der Waals surface area contributed by atoms with Gasteiger partial charge in [-0.15, -0.1) is 0 Å². The summed E-state index contributed by atoms with van der Waals surface area (Å²) in [6.45, 7) is 5.83. The summed E-state index contributed by atoms with van der Waals surface area (Å²) in [5.74, 6) is 4.87. The lowest BCUT2D eigenvalue weighted by atomic mass is 9.74. The highest BCUT2D eigenvalue weighted by molar-refractivity contribution is 4.76. The second-order valence-electron chi connectivity index (χ2n) is 8.04. The lowest BCUT2D eigenvalue weighted by Gasteiger charge is -2.32. The number of rotatable bonds is 6. The third-order valence-electron chi connectivity index (χ3n) is 6.48. The summed E-state index contributed by atoms with van der Waals surface area (Å²) < 4.78 is 0. The van der Waals surface area contributed by atoms with Crippen molar-refractivity contribution < 1.29 is 0 Å². The SMILES string of the molecule is CC1CCC(CCCCC2CCC(CN)CC2)CC1C. The maximum atomic E-state index is 5.77. The van der Waals surface area contributed by atoms with Crippen LogP contribution < -0.4 is 5.73 Å². The van der Waals surface area contributed by atoms with Gasteiger partial charge in [-0.2, -0.15) is 0 Å². The summed E-state index contributed by atoms with van der Waals surface area (Å²) in [4.78, 5) is 0. The molecule has 2 aliphatic carbocycles. The van der Waals surface area contributed by atoms with Crippen molar-refractivity contribution in [1.29, 1.82) is 0 Å². The highest BCUT2D eigenvalue weighted by atomic mass is 14.5. The van der Waals surface area contributed by atoms with Crippen molar-refractivity contribution in [1.82, 2.24) is 0 Å². The van der Waals surface area contributed by atoms with E-state index < -0.39 is 0 Å². The largest absolute Gasteiger partial charge is 0.330 e. The Bertz CT molecular complexity index is 254. The fraction of sp³-hybridized carbons (Fsp3) is 1.00. The summed E-state index contributed by atoms with van der Waals surface area (Å²) in [7, 11) is 0. The van der Waals surface area contributed by atoms with Gasteiger partial charge in [-0.25, -0.2) is 0 Å². The third-order valence-corrected chi connectivity index (χ3v) is 6.48. The van der Waals surface area contributed by atoms with Crippen LogP contribution in [0.15, 0.2) is 0 Å². The van der Waals surface area contributed by atoms with Crippen LogP contribution in [0, 0.1) is 29.6 Å². The van der Waals surface area contributed by atoms with E-state index in [0.717, 1.165) is 36.1 Å². The van der Waals surface area contributed by atoms with Gasteiger partial charge in [0.05, 0.1) is 0 Å². The molecule has 1 nitrogen and oxygen atoms in total. The van der Waals surface area contributed by atoms with Crippen LogP contribution in [0.2, 0.25) is 0 Å². The molecule has 118 valence electrons. The Labute approximate surface area is 127 Å². The Morgan fingerprint density at radius 1 is 0.700 bits per heavy atom. The van der Waals surface area contributed by atoms with Crippen molar-refractivity contribution in [3.63, 3.8) is 0 Å². The molecule has 2 saturated carbocycles. The molecule has 2 N–H and O–H groups in total. The smallest absolute Gasteiger partial charge is 0.00489 e. The van der Waals surface area contributed by atoms with Gasteiger partial charge < -0.3 is 5.73 Å². The standard InChI is InChI=1S/C19H37N/c1-15-7-8-18(13-16(15)2)6-4-3-5-17-9-11-19(14-20)12-10-17/h15-19H,3-14,20H2,1-2H3. The predicted molar refractivity (Wildman–Crippen MR) is 88.6 cm³/mol. The topological polar surface area (TPSA) is 26.0 Å². The molecule has 0 aromatic rings. The van der Waals surface area contributed by atoms with Crippen molar-refractivity contribution in [2.75, 3.05) is 6.54 Å². The van der Waals surface area contributed by atoms with E-state index in [4.69, 9.17) is 5.73 Å². The zero-order valence-corrected chi connectivity index (χ0v) is 13.9. The number of hydrogen-bond acceptors (Lipinski definition) is 1. The van der Waals surface area contributed by atoms with E-state index in [-0.39, 0.29) is 0 Å². The maximum Gasteiger partial charge on any atom is -0.00489 e. The van der Waals surface area contributed by atoms with Crippen molar-refractivity contribution in [2.45, 2.75) is 84.5 Å². The summed E-state index contributed by atoms with van der Waals surface area (Å²) in [5, 5.41) is 0. The Balaban J connectivity index is 1.52. The second-order valence-corrected chi connectivity index (χ2v) is 8.04. The molecule has 2 rings (SSSR count). The van der Waals surface area contributed by atoms with E-state index in [2.05, 4.69) is 13.8 Å². The zero-order chi connectivity index (χ0) is 14.4. The van der Waals surface area contributed by atoms with E-state index in [0.29, 0.717) is 0 Å². The van der Waals surface area contributed by atoms with Crippen LogP contribution in [-0.2, 0) is 0 Å². The van der Waals surface area contributed by atoms with Crippen molar-refractivity contribution in [3.05, 3.63) is 0 Å². The van der Waals surface area contributed by atoms with E-state index >= 15 is 0 Å². The van der Waals surface area contributed by atoms with E-state index in [1.165, 1.54) is 70.6 Å². The molecule has 0 heterocycles. The molecule has 1 heteroatoms. The molecular formula is C19H37N. The zero-order valence-electron chi connectivity index (χ0n) is 13.9. The fourth-order valence-corrected chi connectivity index (χ4v) is 4.54. The van der Waals surface area contributed by atoms with Gasteiger partial charge in [0.25, 0.3) is 0 Å². The van der Waals surface area contributed by atoms with Crippen molar-refractivity contribution in [2.24, 2.45) is 35.3 Å². The minimum atomic E-state index is 0.844. The van der Waals surface area contributed by atoms with Gasteiger partial charge in [-0.05, 0) is 55.4 Å². The molecule has 3 atom stereocenters. The van der Waals surface area contributed by atoms with Gasteiger partial charge in [0.2, 0.25) is 0 Å². The molecular weight excluding hydrogens is 242 g/mol. The quantitative estimate of drug-likeness (QED) is 0.649. The Kier molecular flexibility index (Phi) is 6.87. The first kappa shape index (κ1) is 16.3. The first-order chi connectivity index (χ1) is 9.69. The van der Waals surface area contributed by atoms with Crippen LogP contribution in [0.3, 0.4) is 0 Å². The molecule has 2 fully saturated rings. The van der Waals surface area contributed by atoms with E-state index in [9.17, 15) is 0 Å². The summed E-state index contributed by atoms with van der Waals surface area (Å²) in [6.07, 6.45) is 16.2. The molecule has 0 aromatic carbocycles. The van der Waals surface area contributed by atoms with Crippen molar-refractivity contribution >= 4 is 0 Å². The summed E-state index contributed by atoms with van der Waals surface area (Å²) in [5.41, 5.74) is 5.77. The van der Waals surface area contributed by atoms with Crippen LogP contribution in [0.4, 0.5) is 0 Å². The number of hydrogen-bond donors (Lipinski definition) is 1. The highest BCUT2D eigenvalue weighted by Crippen LogP contribution is 2.36. The van der Waals surface area contributed by atoms with Crippen LogP contribution in [0.25, 0.3) is 0 Å². The number of nitrogens with two attached hydrogens (primary N) is 1. The second kappa shape index (κ2) is 8.41. The minimum absolute atomic E-state index is 0.844. The van der Waals surface area contributed by atoms with Crippen LogP contribution >= 0.6 is 0 Å². The van der Waals surface area contributed by atoms with Crippen LogP contribution in [-0.4, -0.2) is 6.54 Å². The molecule has 0 spiro atoms. The van der Waals surface area contributed by atoms with Gasteiger partial charge in [0.15, 0.2) is 0 Å². The molecule has 3 unspecified atom stereocenters. The summed E-state index contributed by atoms with van der Waals surface area (Å²) in [6, 6.07) is 0. The van der Waals surface area contributed by atoms with Crippen LogP contribution in [0.5, 0.6) is 0 Å². The fourth-order valence-electron chi connectivity index (χ4n) is 4.54. The average molecular weight is 280 g/mol. The third kappa shape index (κ3) is 5.06. The van der Waals surface area contributed by atoms with Crippen LogP contribution in [0.1, 0.15) is 84.5 Å². The van der Waals surface area contributed by atoms with Gasteiger partial charge >= 0.3 is 0 Å². The molecule has 2 aliphatic rings. The van der Waals surface area contributed by atoms with Gasteiger partial charge in [-0.1, -0.05) is 65.2 Å². The first-order valence-corrected chi connectivity index (χ1v) is 9.39. The van der Waals surface area contributed by atoms with Gasteiger partial charge in [0, 0.05) is 0 Å². The Morgan fingerprint density at radius 3 is 1.85 bits per heavy atom. The molecule has 0 radical (unpaired) electrons. The average Bonchev–Trinajstić information content (AvgIpc) is 2.48. The predicted octanol–water partition coefficient (Wildman–Crippen LogP) is 5.38. The molecule has 0 aromatic heterocycles.